The van der Waals surface area contributed by atoms with Gasteiger partial charge in [-0.2, -0.15) is 0 Å². The van der Waals surface area contributed by atoms with Crippen LogP contribution in [0.2, 0.25) is 0 Å². The van der Waals surface area contributed by atoms with E-state index in [0.29, 0.717) is 11.9 Å². The van der Waals surface area contributed by atoms with E-state index in [2.05, 4.69) is 20.8 Å². The summed E-state index contributed by atoms with van der Waals surface area (Å²) >= 11 is 0. The highest BCUT2D eigenvalue weighted by molar-refractivity contribution is 5.75. The second kappa shape index (κ2) is 8.52. The van der Waals surface area contributed by atoms with Crippen molar-refractivity contribution in [2.45, 2.75) is 52.2 Å². The molecule has 0 spiro atoms. The summed E-state index contributed by atoms with van der Waals surface area (Å²) in [6.07, 6.45) is 0.527. The van der Waals surface area contributed by atoms with Crippen molar-refractivity contribution in [3.63, 3.8) is 0 Å². The van der Waals surface area contributed by atoms with E-state index >= 15 is 0 Å². The lowest BCUT2D eigenvalue weighted by atomic mass is 9.87. The average Bonchev–Trinajstić information content (AvgIpc) is 3.00. The Morgan fingerprint density at radius 1 is 1.17 bits per heavy atom. The molecule has 0 fully saturated rings. The Hall–Kier alpha value is -3.42. The first-order valence-corrected chi connectivity index (χ1v) is 9.68. The molecule has 0 radical (unpaired) electrons. The van der Waals surface area contributed by atoms with Crippen LogP contribution in [0.1, 0.15) is 44.7 Å². The highest BCUT2D eigenvalue weighted by Gasteiger charge is 2.15. The van der Waals surface area contributed by atoms with Crippen molar-refractivity contribution in [3.8, 4) is 0 Å². The number of fused-ring (bicyclic) bond motifs is 1. The zero-order chi connectivity index (χ0) is 21.9. The van der Waals surface area contributed by atoms with Crippen molar-refractivity contribution < 1.29 is 18.9 Å². The maximum Gasteiger partial charge on any atom is 0.419 e. The van der Waals surface area contributed by atoms with E-state index in [9.17, 15) is 19.7 Å². The van der Waals surface area contributed by atoms with E-state index in [4.69, 9.17) is 9.15 Å². The smallest absolute Gasteiger partial charge is 0.419 e. The van der Waals surface area contributed by atoms with E-state index < -0.39 is 10.7 Å². The fraction of sp³-hybridized carbons (Fsp3) is 0.364. The molecule has 8 nitrogen and oxygen atoms in total. The number of hydrogen-bond acceptors (Lipinski definition) is 6. The van der Waals surface area contributed by atoms with Crippen LogP contribution in [-0.4, -0.2) is 15.5 Å². The summed E-state index contributed by atoms with van der Waals surface area (Å²) in [5.74, 6) is -0.968. The first-order chi connectivity index (χ1) is 14.1. The minimum Gasteiger partial charge on any atom is -0.461 e. The standard InChI is InChI=1S/C22H24N2O6/c1-22(2,3)16-8-6-15(7-9-16)14-29-20(25)5-4-12-23-18-11-10-17(24(27)28)13-19(18)30-21(23)26/h6-11,13H,4-5,12,14H2,1-3H3. The van der Waals surface area contributed by atoms with Gasteiger partial charge in [0.15, 0.2) is 5.58 Å². The first-order valence-electron chi connectivity index (χ1n) is 9.68. The number of rotatable bonds is 7. The summed E-state index contributed by atoms with van der Waals surface area (Å²) < 4.78 is 11.7. The van der Waals surface area contributed by atoms with Gasteiger partial charge in [-0.25, -0.2) is 4.79 Å². The number of oxazole rings is 1. The van der Waals surface area contributed by atoms with E-state index in [1.54, 1.807) is 0 Å². The van der Waals surface area contributed by atoms with Crippen LogP contribution in [0.15, 0.2) is 51.7 Å². The molecule has 0 atom stereocenters. The minimum absolute atomic E-state index is 0.0649. The van der Waals surface area contributed by atoms with Crippen molar-refractivity contribution in [1.82, 2.24) is 4.57 Å². The van der Waals surface area contributed by atoms with Gasteiger partial charge in [0.25, 0.3) is 5.69 Å². The van der Waals surface area contributed by atoms with Crippen LogP contribution >= 0.6 is 0 Å². The minimum atomic E-state index is -0.613. The Labute approximate surface area is 173 Å². The zero-order valence-electron chi connectivity index (χ0n) is 17.2. The molecule has 1 heterocycles. The molecule has 158 valence electrons. The van der Waals surface area contributed by atoms with Crippen LogP contribution < -0.4 is 5.76 Å². The third-order valence-corrected chi connectivity index (χ3v) is 4.85. The molecule has 0 unspecified atom stereocenters. The Balaban J connectivity index is 1.53. The maximum absolute atomic E-state index is 12.0. The molecule has 2 aromatic carbocycles. The molecule has 0 aliphatic carbocycles. The highest BCUT2D eigenvalue weighted by atomic mass is 16.6. The van der Waals surface area contributed by atoms with Gasteiger partial charge >= 0.3 is 11.7 Å². The molecule has 3 rings (SSSR count). The number of nitro benzene ring substituents is 1. The predicted octanol–water partition coefficient (Wildman–Crippen LogP) is 4.32. The first kappa shape index (κ1) is 21.3. The van der Waals surface area contributed by atoms with Crippen molar-refractivity contribution in [1.29, 1.82) is 0 Å². The summed E-state index contributed by atoms with van der Waals surface area (Å²) in [7, 11) is 0. The predicted molar refractivity (Wildman–Crippen MR) is 111 cm³/mol. The number of aromatic nitrogens is 1. The van der Waals surface area contributed by atoms with Gasteiger partial charge in [0.1, 0.15) is 6.61 Å². The molecule has 8 heteroatoms. The second-order valence-corrected chi connectivity index (χ2v) is 8.14. The summed E-state index contributed by atoms with van der Waals surface area (Å²) in [6.45, 7) is 6.86. The van der Waals surface area contributed by atoms with Crippen LogP contribution in [-0.2, 0) is 28.1 Å². The average molecular weight is 412 g/mol. The highest BCUT2D eigenvalue weighted by Crippen LogP contribution is 2.23. The summed E-state index contributed by atoms with van der Waals surface area (Å²) in [5, 5.41) is 10.8. The summed E-state index contributed by atoms with van der Waals surface area (Å²) in [5.41, 5.74) is 2.64. The van der Waals surface area contributed by atoms with Gasteiger partial charge in [0.2, 0.25) is 0 Å². The third kappa shape index (κ3) is 4.94. The van der Waals surface area contributed by atoms with E-state index in [-0.39, 0.29) is 42.2 Å². The van der Waals surface area contributed by atoms with Gasteiger partial charge in [-0.15, -0.1) is 0 Å². The number of non-ortho nitro benzene ring substituents is 1. The maximum atomic E-state index is 12.0. The van der Waals surface area contributed by atoms with Gasteiger partial charge in [-0.05, 0) is 29.0 Å². The van der Waals surface area contributed by atoms with E-state index in [1.165, 1.54) is 28.3 Å². The lowest BCUT2D eigenvalue weighted by molar-refractivity contribution is -0.384. The molecule has 30 heavy (non-hydrogen) atoms. The molecular weight excluding hydrogens is 388 g/mol. The van der Waals surface area contributed by atoms with Crippen molar-refractivity contribution in [2.24, 2.45) is 0 Å². The second-order valence-electron chi connectivity index (χ2n) is 8.14. The molecule has 0 amide bonds. The largest absolute Gasteiger partial charge is 0.461 e. The van der Waals surface area contributed by atoms with Crippen LogP contribution in [0.4, 0.5) is 5.69 Å². The van der Waals surface area contributed by atoms with E-state index in [0.717, 1.165) is 5.56 Å². The normalized spacial score (nSPS) is 11.6. The molecule has 0 aliphatic heterocycles. The van der Waals surface area contributed by atoms with Crippen LogP contribution in [0, 0.1) is 10.1 Å². The van der Waals surface area contributed by atoms with Crippen molar-refractivity contribution in [2.75, 3.05) is 0 Å². The van der Waals surface area contributed by atoms with Crippen LogP contribution in [0.25, 0.3) is 11.1 Å². The van der Waals surface area contributed by atoms with Crippen LogP contribution in [0.5, 0.6) is 0 Å². The van der Waals surface area contributed by atoms with E-state index in [1.807, 2.05) is 24.3 Å². The number of ether oxygens (including phenoxy) is 1. The number of esters is 1. The topological polar surface area (TPSA) is 105 Å². The van der Waals surface area contributed by atoms with Crippen molar-refractivity contribution in [3.05, 3.63) is 74.3 Å². The number of nitrogens with zero attached hydrogens (tertiary/aromatic N) is 2. The number of nitro groups is 1. The Morgan fingerprint density at radius 2 is 1.87 bits per heavy atom. The molecule has 3 aromatic rings. The fourth-order valence-corrected chi connectivity index (χ4v) is 3.10. The molecule has 0 N–H and O–H groups in total. The number of aryl methyl sites for hydroxylation is 1. The molecule has 0 bridgehead atoms. The number of carbonyl (C=O) groups is 1. The lowest BCUT2D eigenvalue weighted by Gasteiger charge is -2.19. The van der Waals surface area contributed by atoms with Crippen LogP contribution in [0.3, 0.4) is 0 Å². The molecule has 0 aliphatic rings. The molecule has 0 saturated carbocycles. The monoisotopic (exact) mass is 412 g/mol. The Kier molecular flexibility index (Phi) is 6.05. The number of hydrogen-bond donors (Lipinski definition) is 0. The number of carbonyl (C=O) groups excluding carboxylic acids is 1. The fourth-order valence-electron chi connectivity index (χ4n) is 3.10. The SMILES string of the molecule is CC(C)(C)c1ccc(COC(=O)CCCn2c(=O)oc3cc([N+](=O)[O-])ccc32)cc1. The summed E-state index contributed by atoms with van der Waals surface area (Å²) in [6, 6.07) is 12.0. The third-order valence-electron chi connectivity index (χ3n) is 4.85. The Morgan fingerprint density at radius 3 is 2.50 bits per heavy atom. The van der Waals surface area contributed by atoms with Gasteiger partial charge in [0.05, 0.1) is 16.5 Å². The Bertz CT molecular complexity index is 1120. The summed E-state index contributed by atoms with van der Waals surface area (Å²) in [4.78, 5) is 34.3. The quantitative estimate of drug-likeness (QED) is 0.325. The van der Waals surface area contributed by atoms with Gasteiger partial charge in [0, 0.05) is 19.0 Å². The lowest BCUT2D eigenvalue weighted by Crippen LogP contribution is -2.15. The van der Waals surface area contributed by atoms with Gasteiger partial charge in [-0.1, -0.05) is 45.0 Å². The van der Waals surface area contributed by atoms with Crippen molar-refractivity contribution >= 4 is 22.8 Å². The van der Waals surface area contributed by atoms with Gasteiger partial charge < -0.3 is 9.15 Å². The molecule has 0 saturated heterocycles. The van der Waals surface area contributed by atoms with Gasteiger partial charge in [-0.3, -0.25) is 19.5 Å². The zero-order valence-corrected chi connectivity index (χ0v) is 17.2. The molecule has 1 aromatic heterocycles. The molecular formula is C22H24N2O6. The number of benzene rings is 2.